The fourth-order valence-corrected chi connectivity index (χ4v) is 3.55. The Morgan fingerprint density at radius 2 is 1.28 bits per heavy atom. The van der Waals surface area contributed by atoms with Gasteiger partial charge in [-0.15, -0.1) is 10.2 Å². The molecule has 4 aromatic rings. The summed E-state index contributed by atoms with van der Waals surface area (Å²) in [5, 5.41) is 15.4. The molecule has 0 radical (unpaired) electrons. The van der Waals surface area contributed by atoms with E-state index in [9.17, 15) is 0 Å². The molecule has 0 unspecified atom stereocenters. The second kappa shape index (κ2) is 8.91. The van der Waals surface area contributed by atoms with Crippen molar-refractivity contribution in [2.45, 2.75) is 0 Å². The first-order valence-corrected chi connectivity index (χ1v) is 10.5. The molecule has 2 heterocycles. The summed E-state index contributed by atoms with van der Waals surface area (Å²) in [6.07, 6.45) is 0. The minimum absolute atomic E-state index is 0.349. The molecule has 0 saturated carbocycles. The number of benzene rings is 3. The van der Waals surface area contributed by atoms with Gasteiger partial charge in [0.1, 0.15) is 11.4 Å². The molecule has 2 N–H and O–H groups in total. The molecule has 0 bridgehead atoms. The van der Waals surface area contributed by atoms with Gasteiger partial charge in [0.15, 0.2) is 0 Å². The summed E-state index contributed by atoms with van der Waals surface area (Å²) in [7, 11) is 0. The molecule has 0 saturated heterocycles. The Bertz CT molecular complexity index is 1260. The summed E-state index contributed by atoms with van der Waals surface area (Å²) < 4.78 is 0. The standard InChI is InChI=1S/C24H19N7S/c32-24-29-26-20(17-10-4-1-5-11-17)16-31(24)30-23-25-21(18-12-6-2-7-13-18)22(27-28-23)19-14-8-3-9-15-19/h1-15H,16H2,(H,29,32)(H,25,28,30). The molecule has 5 rings (SSSR count). The van der Waals surface area contributed by atoms with Gasteiger partial charge >= 0.3 is 0 Å². The highest BCUT2D eigenvalue weighted by atomic mass is 32.1. The molecule has 7 nitrogen and oxygen atoms in total. The van der Waals surface area contributed by atoms with Crippen LogP contribution in [0.3, 0.4) is 0 Å². The molecular weight excluding hydrogens is 418 g/mol. The third-order valence-corrected chi connectivity index (χ3v) is 5.27. The molecule has 1 aliphatic rings. The zero-order valence-corrected chi connectivity index (χ0v) is 17.8. The zero-order valence-electron chi connectivity index (χ0n) is 17.0. The van der Waals surface area contributed by atoms with Crippen molar-refractivity contribution in [2.24, 2.45) is 5.10 Å². The van der Waals surface area contributed by atoms with Crippen LogP contribution in [0, 0.1) is 0 Å². The van der Waals surface area contributed by atoms with E-state index in [1.165, 1.54) is 0 Å². The highest BCUT2D eigenvalue weighted by Gasteiger charge is 2.21. The lowest BCUT2D eigenvalue weighted by atomic mass is 10.0. The van der Waals surface area contributed by atoms with E-state index in [4.69, 9.17) is 17.2 Å². The molecule has 0 amide bonds. The molecule has 156 valence electrons. The van der Waals surface area contributed by atoms with Crippen LogP contribution in [-0.2, 0) is 0 Å². The molecule has 3 aromatic carbocycles. The first-order chi connectivity index (χ1) is 15.8. The van der Waals surface area contributed by atoms with Gasteiger partial charge < -0.3 is 0 Å². The van der Waals surface area contributed by atoms with Crippen LogP contribution in [0.4, 0.5) is 5.95 Å². The summed E-state index contributed by atoms with van der Waals surface area (Å²) in [6, 6.07) is 29.8. The number of nitrogens with zero attached hydrogens (tertiary/aromatic N) is 5. The topological polar surface area (TPSA) is 78.3 Å². The Morgan fingerprint density at radius 3 is 1.91 bits per heavy atom. The number of hydrazone groups is 1. The van der Waals surface area contributed by atoms with Gasteiger partial charge in [-0.25, -0.2) is 4.98 Å². The van der Waals surface area contributed by atoms with E-state index in [1.54, 1.807) is 5.01 Å². The highest BCUT2D eigenvalue weighted by molar-refractivity contribution is 7.80. The summed E-state index contributed by atoms with van der Waals surface area (Å²) >= 11 is 5.43. The summed E-state index contributed by atoms with van der Waals surface area (Å²) in [5.41, 5.74) is 11.3. The molecule has 0 fully saturated rings. The van der Waals surface area contributed by atoms with Crippen LogP contribution >= 0.6 is 12.2 Å². The minimum atomic E-state index is 0.349. The largest absolute Gasteiger partial charge is 0.262 e. The molecule has 0 aliphatic carbocycles. The zero-order chi connectivity index (χ0) is 21.8. The van der Waals surface area contributed by atoms with Crippen molar-refractivity contribution in [2.75, 3.05) is 12.0 Å². The molecule has 32 heavy (non-hydrogen) atoms. The maximum Gasteiger partial charge on any atom is 0.262 e. The lowest BCUT2D eigenvalue weighted by Gasteiger charge is -2.29. The van der Waals surface area contributed by atoms with Gasteiger partial charge in [0.2, 0.25) is 5.11 Å². The number of anilines is 1. The molecule has 0 atom stereocenters. The third kappa shape index (κ3) is 4.17. The van der Waals surface area contributed by atoms with Crippen LogP contribution in [-0.4, -0.2) is 37.6 Å². The normalized spacial score (nSPS) is 13.3. The second-order valence-electron chi connectivity index (χ2n) is 7.10. The number of thiocarbonyl (C=S) groups is 1. The van der Waals surface area contributed by atoms with Crippen LogP contribution in [0.1, 0.15) is 5.56 Å². The first-order valence-electron chi connectivity index (χ1n) is 10.1. The van der Waals surface area contributed by atoms with E-state index in [0.717, 1.165) is 28.1 Å². The predicted molar refractivity (Wildman–Crippen MR) is 130 cm³/mol. The minimum Gasteiger partial charge on any atom is -0.262 e. The van der Waals surface area contributed by atoms with E-state index in [0.29, 0.717) is 23.3 Å². The van der Waals surface area contributed by atoms with E-state index in [2.05, 4.69) is 26.2 Å². The average molecular weight is 438 g/mol. The van der Waals surface area contributed by atoms with Gasteiger partial charge in [0, 0.05) is 11.1 Å². The smallest absolute Gasteiger partial charge is 0.262 e. The Morgan fingerprint density at radius 1 is 0.719 bits per heavy atom. The van der Waals surface area contributed by atoms with Crippen molar-refractivity contribution < 1.29 is 0 Å². The summed E-state index contributed by atoms with van der Waals surface area (Å²) in [6.45, 7) is 0.459. The van der Waals surface area contributed by atoms with Gasteiger partial charge in [-0.3, -0.25) is 15.9 Å². The van der Waals surface area contributed by atoms with Gasteiger partial charge in [-0.1, -0.05) is 91.0 Å². The van der Waals surface area contributed by atoms with Crippen LogP contribution < -0.4 is 10.9 Å². The highest BCUT2D eigenvalue weighted by Crippen LogP contribution is 2.28. The van der Waals surface area contributed by atoms with Crippen molar-refractivity contribution in [1.29, 1.82) is 0 Å². The van der Waals surface area contributed by atoms with Crippen LogP contribution in [0.25, 0.3) is 22.5 Å². The maximum atomic E-state index is 5.43. The van der Waals surface area contributed by atoms with Crippen molar-refractivity contribution in [1.82, 2.24) is 25.6 Å². The Hall–Kier alpha value is -4.17. The van der Waals surface area contributed by atoms with Gasteiger partial charge in [-0.2, -0.15) is 5.10 Å². The van der Waals surface area contributed by atoms with E-state index < -0.39 is 0 Å². The van der Waals surface area contributed by atoms with Crippen molar-refractivity contribution in [3.8, 4) is 22.5 Å². The Labute approximate surface area is 190 Å². The third-order valence-electron chi connectivity index (χ3n) is 4.96. The van der Waals surface area contributed by atoms with Crippen LogP contribution in [0.2, 0.25) is 0 Å². The van der Waals surface area contributed by atoms with Gasteiger partial charge in [-0.05, 0) is 17.8 Å². The molecule has 8 heteroatoms. The van der Waals surface area contributed by atoms with E-state index >= 15 is 0 Å². The van der Waals surface area contributed by atoms with Crippen molar-refractivity contribution in [3.63, 3.8) is 0 Å². The number of hydrazine groups is 1. The molecule has 1 aromatic heterocycles. The first kappa shape index (κ1) is 19.8. The number of nitrogens with one attached hydrogen (secondary N) is 2. The SMILES string of the molecule is S=C1NN=C(c2ccccc2)CN1Nc1nnc(-c2ccccc2)c(-c2ccccc2)n1. The second-order valence-corrected chi connectivity index (χ2v) is 7.49. The monoisotopic (exact) mass is 437 g/mol. The number of hydrogen-bond donors (Lipinski definition) is 2. The lowest BCUT2D eigenvalue weighted by molar-refractivity contribution is 0.530. The summed E-state index contributed by atoms with van der Waals surface area (Å²) in [4.78, 5) is 4.79. The number of rotatable bonds is 5. The van der Waals surface area contributed by atoms with Crippen molar-refractivity contribution >= 4 is 29.0 Å². The Kier molecular flexibility index (Phi) is 5.50. The van der Waals surface area contributed by atoms with Gasteiger partial charge in [0.05, 0.1) is 12.3 Å². The van der Waals surface area contributed by atoms with Crippen LogP contribution in [0.15, 0.2) is 96.1 Å². The average Bonchev–Trinajstić information content (AvgIpc) is 2.87. The van der Waals surface area contributed by atoms with Crippen molar-refractivity contribution in [3.05, 3.63) is 96.6 Å². The quantitative estimate of drug-likeness (QED) is 0.455. The van der Waals surface area contributed by atoms with E-state index in [1.807, 2.05) is 91.0 Å². The summed E-state index contributed by atoms with van der Waals surface area (Å²) in [5.74, 6) is 0.349. The number of aromatic nitrogens is 3. The van der Waals surface area contributed by atoms with Gasteiger partial charge in [0.25, 0.3) is 5.95 Å². The molecule has 0 spiro atoms. The number of hydrogen-bond acceptors (Lipinski definition) is 6. The predicted octanol–water partition coefficient (Wildman–Crippen LogP) is 4.13. The lowest BCUT2D eigenvalue weighted by Crippen LogP contribution is -2.49. The fraction of sp³-hybridized carbons (Fsp3) is 0.0417. The van der Waals surface area contributed by atoms with E-state index in [-0.39, 0.29) is 0 Å². The van der Waals surface area contributed by atoms with Crippen LogP contribution in [0.5, 0.6) is 0 Å². The maximum absolute atomic E-state index is 5.43. The molecule has 1 aliphatic heterocycles. The Balaban J connectivity index is 1.47. The fourth-order valence-electron chi connectivity index (χ4n) is 3.39. The molecular formula is C24H19N7S.